The molecule has 176 valence electrons. The minimum Gasteiger partial charge on any atom is -0.0861 e. The van der Waals surface area contributed by atoms with Gasteiger partial charge in [0.05, 0.1) is 0 Å². The first-order valence-electron chi connectivity index (χ1n) is 14.4. The van der Waals surface area contributed by atoms with E-state index in [9.17, 15) is 0 Å². The first-order chi connectivity index (χ1) is 15.2. The van der Waals surface area contributed by atoms with E-state index >= 15 is 0 Å². The molecular weight excluding hydrogens is 487 g/mol. The quantitative estimate of drug-likeness (QED) is 0.191. The molecule has 9 atom stereocenters. The molecule has 5 aliphatic carbocycles. The molecule has 0 nitrogen and oxygen atoms in total. The third-order valence-electron chi connectivity index (χ3n) is 11.5. The molecule has 0 aromatic carbocycles. The lowest BCUT2D eigenvalue weighted by atomic mass is 9.46. The first-order valence-corrected chi connectivity index (χ1v) is 15.9. The van der Waals surface area contributed by atoms with Crippen molar-refractivity contribution in [3.63, 3.8) is 0 Å². The SMILES string of the molecule is CCC1CCC(C2CC=C(C)CC2)C2CCC3CCC(C4CCCCC4)C(CI)C3C12. The molecule has 0 radical (unpaired) electrons. The molecule has 4 saturated carbocycles. The van der Waals surface area contributed by atoms with Crippen LogP contribution in [0, 0.1) is 59.2 Å². The standard InChI is InChI=1S/C30H49I/c1-3-21-13-16-25(23-11-9-20(2)10-12-23)27-18-15-24-14-17-26(22-7-5-4-6-8-22)28(19-31)30(24)29(21)27/h9,21-30H,3-8,10-19H2,1-2H3. The van der Waals surface area contributed by atoms with E-state index in [2.05, 4.69) is 42.5 Å². The zero-order valence-electron chi connectivity index (χ0n) is 20.5. The summed E-state index contributed by atoms with van der Waals surface area (Å²) in [5, 5.41) is 0. The van der Waals surface area contributed by atoms with Crippen molar-refractivity contribution in [3.05, 3.63) is 11.6 Å². The maximum atomic E-state index is 2.83. The van der Waals surface area contributed by atoms with Crippen LogP contribution in [0.2, 0.25) is 0 Å². The van der Waals surface area contributed by atoms with Gasteiger partial charge in [0.1, 0.15) is 0 Å². The number of alkyl halides is 1. The molecule has 1 heteroatoms. The molecule has 0 aromatic rings. The van der Waals surface area contributed by atoms with E-state index in [-0.39, 0.29) is 0 Å². The summed E-state index contributed by atoms with van der Waals surface area (Å²) in [6, 6.07) is 0. The smallest absolute Gasteiger partial charge is 0.00293 e. The first kappa shape index (κ1) is 23.2. The normalized spacial score (nSPS) is 46.7. The van der Waals surface area contributed by atoms with Crippen LogP contribution in [-0.4, -0.2) is 4.43 Å². The number of hydrogen-bond donors (Lipinski definition) is 0. The van der Waals surface area contributed by atoms with Gasteiger partial charge >= 0.3 is 0 Å². The molecule has 0 bridgehead atoms. The van der Waals surface area contributed by atoms with E-state index in [1.807, 2.05) is 0 Å². The van der Waals surface area contributed by atoms with E-state index in [1.54, 1.807) is 56.9 Å². The molecule has 0 N–H and O–H groups in total. The Hall–Kier alpha value is 0.470. The van der Waals surface area contributed by atoms with E-state index in [0.717, 1.165) is 59.2 Å². The summed E-state index contributed by atoms with van der Waals surface area (Å²) in [6.07, 6.45) is 25.6. The molecule has 0 saturated heterocycles. The van der Waals surface area contributed by atoms with Crippen LogP contribution in [0.5, 0.6) is 0 Å². The lowest BCUT2D eigenvalue weighted by Gasteiger charge is -2.59. The van der Waals surface area contributed by atoms with Crippen molar-refractivity contribution in [1.82, 2.24) is 0 Å². The van der Waals surface area contributed by atoms with Crippen molar-refractivity contribution in [2.45, 2.75) is 110 Å². The summed E-state index contributed by atoms with van der Waals surface area (Å²) >= 11 is 2.83. The second kappa shape index (κ2) is 10.4. The Morgan fingerprint density at radius 2 is 1.48 bits per heavy atom. The van der Waals surface area contributed by atoms with Crippen LogP contribution in [0.3, 0.4) is 0 Å². The summed E-state index contributed by atoms with van der Waals surface area (Å²) in [6.45, 7) is 4.91. The predicted molar refractivity (Wildman–Crippen MR) is 142 cm³/mol. The van der Waals surface area contributed by atoms with Crippen LogP contribution in [0.25, 0.3) is 0 Å². The Morgan fingerprint density at radius 3 is 2.16 bits per heavy atom. The molecule has 4 fully saturated rings. The van der Waals surface area contributed by atoms with Crippen LogP contribution >= 0.6 is 22.6 Å². The summed E-state index contributed by atoms with van der Waals surface area (Å²) in [4.78, 5) is 0. The molecule has 9 unspecified atom stereocenters. The monoisotopic (exact) mass is 536 g/mol. The van der Waals surface area contributed by atoms with Gasteiger partial charge in [-0.05, 0) is 124 Å². The molecular formula is C30H49I. The average molecular weight is 537 g/mol. The topological polar surface area (TPSA) is 0 Å². The summed E-state index contributed by atoms with van der Waals surface area (Å²) in [7, 11) is 0. The zero-order chi connectivity index (χ0) is 21.4. The number of fused-ring (bicyclic) bond motifs is 3. The van der Waals surface area contributed by atoms with Crippen molar-refractivity contribution < 1.29 is 0 Å². The fourth-order valence-corrected chi connectivity index (χ4v) is 11.3. The molecule has 0 spiro atoms. The highest BCUT2D eigenvalue weighted by Crippen LogP contribution is 2.61. The van der Waals surface area contributed by atoms with Gasteiger partial charge in [0.2, 0.25) is 0 Å². The molecule has 0 amide bonds. The number of allylic oxidation sites excluding steroid dienone is 2. The minimum absolute atomic E-state index is 1.02. The van der Waals surface area contributed by atoms with Gasteiger partial charge in [-0.2, -0.15) is 0 Å². The van der Waals surface area contributed by atoms with Crippen molar-refractivity contribution in [2.75, 3.05) is 4.43 Å². The van der Waals surface area contributed by atoms with Crippen molar-refractivity contribution in [2.24, 2.45) is 59.2 Å². The van der Waals surface area contributed by atoms with E-state index < -0.39 is 0 Å². The van der Waals surface area contributed by atoms with Gasteiger partial charge in [-0.1, -0.05) is 79.7 Å². The van der Waals surface area contributed by atoms with E-state index in [0.29, 0.717) is 0 Å². The van der Waals surface area contributed by atoms with Gasteiger partial charge in [0.15, 0.2) is 0 Å². The van der Waals surface area contributed by atoms with Crippen LogP contribution in [0.15, 0.2) is 11.6 Å². The highest BCUT2D eigenvalue weighted by molar-refractivity contribution is 14.1. The maximum absolute atomic E-state index is 2.83. The third kappa shape index (κ3) is 4.58. The summed E-state index contributed by atoms with van der Waals surface area (Å²) in [5.74, 6) is 10.7. The number of rotatable bonds is 4. The van der Waals surface area contributed by atoms with Crippen LogP contribution in [-0.2, 0) is 0 Å². The minimum atomic E-state index is 1.02. The lowest BCUT2D eigenvalue weighted by molar-refractivity contribution is -0.0973. The molecule has 0 aliphatic heterocycles. The third-order valence-corrected chi connectivity index (χ3v) is 12.5. The molecule has 0 heterocycles. The Bertz CT molecular complexity index is 616. The molecule has 5 rings (SSSR count). The summed E-state index contributed by atoms with van der Waals surface area (Å²) < 4.78 is 1.45. The van der Waals surface area contributed by atoms with Gasteiger partial charge < -0.3 is 0 Å². The molecule has 31 heavy (non-hydrogen) atoms. The molecule has 0 aromatic heterocycles. The van der Waals surface area contributed by atoms with E-state index in [1.165, 1.54) is 49.4 Å². The second-order valence-corrected chi connectivity index (χ2v) is 13.5. The van der Waals surface area contributed by atoms with Gasteiger partial charge in [-0.15, -0.1) is 0 Å². The largest absolute Gasteiger partial charge is 0.0861 e. The van der Waals surface area contributed by atoms with Gasteiger partial charge in [0.25, 0.3) is 0 Å². The highest BCUT2D eigenvalue weighted by atomic mass is 127. The fourth-order valence-electron chi connectivity index (χ4n) is 10.0. The van der Waals surface area contributed by atoms with Gasteiger partial charge in [-0.25, -0.2) is 0 Å². The van der Waals surface area contributed by atoms with Crippen LogP contribution in [0.4, 0.5) is 0 Å². The van der Waals surface area contributed by atoms with Crippen molar-refractivity contribution in [3.8, 4) is 0 Å². The Labute approximate surface area is 207 Å². The molecule has 5 aliphatic rings. The van der Waals surface area contributed by atoms with Crippen molar-refractivity contribution >= 4 is 22.6 Å². The number of hydrogen-bond acceptors (Lipinski definition) is 0. The van der Waals surface area contributed by atoms with E-state index in [4.69, 9.17) is 0 Å². The van der Waals surface area contributed by atoms with Gasteiger partial charge in [-0.3, -0.25) is 0 Å². The second-order valence-electron chi connectivity index (χ2n) is 12.6. The summed E-state index contributed by atoms with van der Waals surface area (Å²) in [5.41, 5.74) is 1.67. The van der Waals surface area contributed by atoms with Crippen molar-refractivity contribution in [1.29, 1.82) is 0 Å². The Morgan fingerprint density at radius 1 is 0.742 bits per heavy atom. The maximum Gasteiger partial charge on any atom is 0.00293 e. The Balaban J connectivity index is 1.41. The van der Waals surface area contributed by atoms with Crippen LogP contribution in [0.1, 0.15) is 110 Å². The lowest BCUT2D eigenvalue weighted by Crippen LogP contribution is -2.53. The Kier molecular flexibility index (Phi) is 7.78. The highest BCUT2D eigenvalue weighted by Gasteiger charge is 2.54. The fraction of sp³-hybridized carbons (Fsp3) is 0.933. The predicted octanol–water partition coefficient (Wildman–Crippen LogP) is 9.47. The average Bonchev–Trinajstić information content (AvgIpc) is 2.83. The zero-order valence-corrected chi connectivity index (χ0v) is 22.7. The van der Waals surface area contributed by atoms with Crippen LogP contribution < -0.4 is 0 Å². The van der Waals surface area contributed by atoms with Gasteiger partial charge in [0, 0.05) is 4.43 Å². The number of halogens is 1.